The second-order valence-electron chi connectivity index (χ2n) is 9.39. The molecule has 0 aliphatic carbocycles. The van der Waals surface area contributed by atoms with Gasteiger partial charge in [0.05, 0.1) is 29.5 Å². The molecule has 3 heterocycles. The predicted molar refractivity (Wildman–Crippen MR) is 129 cm³/mol. The molecule has 1 saturated heterocycles. The molecule has 2 aromatic heterocycles. The molecule has 1 aromatic carbocycles. The van der Waals surface area contributed by atoms with Gasteiger partial charge in [-0.3, -0.25) is 14.5 Å². The number of piperazine rings is 1. The van der Waals surface area contributed by atoms with Crippen molar-refractivity contribution in [3.63, 3.8) is 0 Å². The molecular weight excluding hydrogens is 505 g/mol. The van der Waals surface area contributed by atoms with Crippen LogP contribution in [0.15, 0.2) is 49.1 Å². The summed E-state index contributed by atoms with van der Waals surface area (Å²) in [6.07, 6.45) is 4.76. The Morgan fingerprint density at radius 2 is 1.76 bits per heavy atom. The monoisotopic (exact) mass is 530 g/mol. The summed E-state index contributed by atoms with van der Waals surface area (Å²) in [7, 11) is 0. The van der Waals surface area contributed by atoms with Gasteiger partial charge in [-0.1, -0.05) is 0 Å². The summed E-state index contributed by atoms with van der Waals surface area (Å²) in [6, 6.07) is 3.31. The molecule has 3 aromatic rings. The average Bonchev–Trinajstić information content (AvgIpc) is 2.86. The molecule has 1 aliphatic rings. The molecular formula is C25H25F3N6O4. The minimum absolute atomic E-state index is 0.0852. The van der Waals surface area contributed by atoms with Gasteiger partial charge < -0.3 is 20.2 Å². The lowest BCUT2D eigenvalue weighted by atomic mass is 9.96. The molecule has 200 valence electrons. The zero-order valence-corrected chi connectivity index (χ0v) is 20.8. The van der Waals surface area contributed by atoms with Crippen LogP contribution >= 0.6 is 0 Å². The fourth-order valence-electron chi connectivity index (χ4n) is 4.17. The van der Waals surface area contributed by atoms with E-state index in [-0.39, 0.29) is 23.5 Å². The van der Waals surface area contributed by atoms with Gasteiger partial charge in [0.25, 0.3) is 5.91 Å². The fraction of sp³-hybridized carbons (Fsp3) is 0.320. The number of nitrogens with one attached hydrogen (secondary N) is 1. The zero-order valence-electron chi connectivity index (χ0n) is 20.8. The normalized spacial score (nSPS) is 16.1. The van der Waals surface area contributed by atoms with Gasteiger partial charge in [0, 0.05) is 43.9 Å². The Bertz CT molecular complexity index is 1310. The van der Waals surface area contributed by atoms with Crippen molar-refractivity contribution in [2.75, 3.05) is 25.0 Å². The molecule has 1 atom stereocenters. The third-order valence-electron chi connectivity index (χ3n) is 6.20. The number of carbonyl (C=O) groups is 2. The summed E-state index contributed by atoms with van der Waals surface area (Å²) in [5.41, 5.74) is -0.197. The first-order chi connectivity index (χ1) is 17.9. The highest BCUT2D eigenvalue weighted by atomic mass is 19.1. The van der Waals surface area contributed by atoms with Crippen LogP contribution in [0.5, 0.6) is 11.6 Å². The van der Waals surface area contributed by atoms with Crippen molar-refractivity contribution in [3.05, 3.63) is 77.3 Å². The summed E-state index contributed by atoms with van der Waals surface area (Å²) in [5.74, 6) is -5.13. The summed E-state index contributed by atoms with van der Waals surface area (Å²) in [5, 5.41) is 13.9. The van der Waals surface area contributed by atoms with Gasteiger partial charge in [0.15, 0.2) is 29.8 Å². The maximum Gasteiger partial charge on any atom is 0.254 e. The number of nitrogens with zero attached hydrogens (tertiary/aromatic N) is 5. The Hall–Kier alpha value is -4.26. The van der Waals surface area contributed by atoms with E-state index < -0.39 is 34.8 Å². The molecule has 0 radical (unpaired) electrons. The van der Waals surface area contributed by atoms with Crippen molar-refractivity contribution in [2.45, 2.75) is 32.4 Å². The van der Waals surface area contributed by atoms with Crippen molar-refractivity contribution >= 4 is 17.6 Å². The maximum atomic E-state index is 13.8. The molecule has 1 fully saturated rings. The van der Waals surface area contributed by atoms with Gasteiger partial charge in [-0.05, 0) is 20.8 Å². The quantitative estimate of drug-likeness (QED) is 0.385. The van der Waals surface area contributed by atoms with Gasteiger partial charge in [-0.15, -0.1) is 0 Å². The number of benzene rings is 1. The molecule has 2 amide bonds. The van der Waals surface area contributed by atoms with Crippen molar-refractivity contribution in [2.24, 2.45) is 0 Å². The van der Waals surface area contributed by atoms with E-state index >= 15 is 0 Å². The fourth-order valence-corrected chi connectivity index (χ4v) is 4.17. The SMILES string of the molecule is C[C@@H](C(=O)Nc1cnc(Oc2c(F)cc(F)cc2F)cn1)N1CCN(C(=O)c2cc[n+]([O-])cc2)C(C)(C)C1. The summed E-state index contributed by atoms with van der Waals surface area (Å²) in [4.78, 5) is 37.4. The van der Waals surface area contributed by atoms with Crippen molar-refractivity contribution < 1.29 is 32.2 Å². The number of hydrogen-bond donors (Lipinski definition) is 1. The van der Waals surface area contributed by atoms with E-state index in [4.69, 9.17) is 4.74 Å². The minimum Gasteiger partial charge on any atom is -0.619 e. The molecule has 10 nitrogen and oxygen atoms in total. The highest BCUT2D eigenvalue weighted by molar-refractivity contribution is 5.95. The Morgan fingerprint density at radius 3 is 2.34 bits per heavy atom. The van der Waals surface area contributed by atoms with Crippen LogP contribution in [0.2, 0.25) is 0 Å². The van der Waals surface area contributed by atoms with Crippen molar-refractivity contribution in [3.8, 4) is 11.6 Å². The summed E-state index contributed by atoms with van der Waals surface area (Å²) >= 11 is 0. The van der Waals surface area contributed by atoms with Crippen LogP contribution in [-0.4, -0.2) is 62.8 Å². The van der Waals surface area contributed by atoms with Crippen LogP contribution in [0.4, 0.5) is 19.0 Å². The van der Waals surface area contributed by atoms with E-state index in [9.17, 15) is 28.0 Å². The molecule has 1 N–H and O–H groups in total. The topological polar surface area (TPSA) is 115 Å². The second kappa shape index (κ2) is 10.6. The standard InChI is InChI=1S/C25H25F3N6O4/c1-15(32-8-9-34(25(2,3)14-32)24(36)16-4-6-33(37)7-5-16)23(35)31-20-12-30-21(13-29-20)38-22-18(27)10-17(26)11-19(22)28/h4-7,10-13,15H,8-9,14H2,1-3H3,(H,29,31,35)/t15-/m0/s1. The van der Waals surface area contributed by atoms with Crippen molar-refractivity contribution in [1.29, 1.82) is 0 Å². The lowest BCUT2D eigenvalue weighted by Crippen LogP contribution is -2.63. The number of aromatic nitrogens is 3. The van der Waals surface area contributed by atoms with Gasteiger partial charge in [0.2, 0.25) is 17.5 Å². The molecule has 0 saturated carbocycles. The molecule has 1 aliphatic heterocycles. The molecule has 38 heavy (non-hydrogen) atoms. The third-order valence-corrected chi connectivity index (χ3v) is 6.20. The molecule has 4 rings (SSSR count). The predicted octanol–water partition coefficient (Wildman–Crippen LogP) is 2.88. The minimum atomic E-state index is -1.24. The van der Waals surface area contributed by atoms with Crippen LogP contribution < -0.4 is 14.8 Å². The molecule has 0 spiro atoms. The first-order valence-corrected chi connectivity index (χ1v) is 11.6. The number of rotatable bonds is 6. The lowest BCUT2D eigenvalue weighted by molar-refractivity contribution is -0.605. The van der Waals surface area contributed by atoms with Crippen molar-refractivity contribution in [1.82, 2.24) is 19.8 Å². The number of amides is 2. The first-order valence-electron chi connectivity index (χ1n) is 11.6. The van der Waals surface area contributed by atoms with Crippen LogP contribution in [-0.2, 0) is 4.79 Å². The number of anilines is 1. The Morgan fingerprint density at radius 1 is 1.11 bits per heavy atom. The van der Waals surface area contributed by atoms with Crippen LogP contribution in [0.3, 0.4) is 0 Å². The van der Waals surface area contributed by atoms with Gasteiger partial charge in [0.1, 0.15) is 5.82 Å². The smallest absolute Gasteiger partial charge is 0.254 e. The van der Waals surface area contributed by atoms with Crippen LogP contribution in [0.1, 0.15) is 31.1 Å². The third kappa shape index (κ3) is 5.83. The Kier molecular flexibility index (Phi) is 7.49. The second-order valence-corrected chi connectivity index (χ2v) is 9.39. The Balaban J connectivity index is 1.36. The van der Waals surface area contributed by atoms with E-state index in [0.29, 0.717) is 42.1 Å². The average molecular weight is 531 g/mol. The summed E-state index contributed by atoms with van der Waals surface area (Å²) < 4.78 is 46.3. The highest BCUT2D eigenvalue weighted by Gasteiger charge is 2.39. The first kappa shape index (κ1) is 26.8. The highest BCUT2D eigenvalue weighted by Crippen LogP contribution is 2.28. The van der Waals surface area contributed by atoms with E-state index in [1.54, 1.807) is 11.8 Å². The van der Waals surface area contributed by atoms with Gasteiger partial charge >= 0.3 is 0 Å². The largest absolute Gasteiger partial charge is 0.619 e. The zero-order chi connectivity index (χ0) is 27.6. The van der Waals surface area contributed by atoms with E-state index in [0.717, 1.165) is 12.4 Å². The molecule has 13 heteroatoms. The lowest BCUT2D eigenvalue weighted by Gasteiger charge is -2.48. The molecule has 0 unspecified atom stereocenters. The number of pyridine rings is 1. The van der Waals surface area contributed by atoms with E-state index in [2.05, 4.69) is 15.3 Å². The van der Waals surface area contributed by atoms with Crippen LogP contribution in [0, 0.1) is 22.7 Å². The van der Waals surface area contributed by atoms with E-state index in [1.165, 1.54) is 24.5 Å². The Labute approximate surface area is 216 Å². The molecule has 0 bridgehead atoms. The van der Waals surface area contributed by atoms with Gasteiger partial charge in [-0.2, -0.15) is 4.73 Å². The van der Waals surface area contributed by atoms with Gasteiger partial charge in [-0.25, -0.2) is 23.1 Å². The number of carbonyl (C=O) groups excluding carboxylic acids is 2. The maximum absolute atomic E-state index is 13.8. The summed E-state index contributed by atoms with van der Waals surface area (Å²) in [6.45, 7) is 6.74. The van der Waals surface area contributed by atoms with E-state index in [1.807, 2.05) is 18.7 Å². The number of ether oxygens (including phenoxy) is 1. The number of halogens is 3. The van der Waals surface area contributed by atoms with Crippen LogP contribution in [0.25, 0.3) is 0 Å². The number of hydrogen-bond acceptors (Lipinski definition) is 7.